The minimum absolute atomic E-state index is 0.0685. The van der Waals surface area contributed by atoms with Gasteiger partial charge in [-0.3, -0.25) is 4.79 Å². The van der Waals surface area contributed by atoms with E-state index in [1.165, 1.54) is 29.0 Å². The summed E-state index contributed by atoms with van der Waals surface area (Å²) in [6, 6.07) is 0. The molecule has 21 heavy (non-hydrogen) atoms. The summed E-state index contributed by atoms with van der Waals surface area (Å²) >= 11 is 5.44. The lowest BCUT2D eigenvalue weighted by Crippen LogP contribution is -2.30. The molecule has 7 heteroatoms. The number of rotatable bonds is 6. The third-order valence-electron chi connectivity index (χ3n) is 3.67. The van der Waals surface area contributed by atoms with E-state index in [9.17, 15) is 4.79 Å². The minimum Gasteiger partial charge on any atom is -0.382 e. The Morgan fingerprint density at radius 1 is 1.48 bits per heavy atom. The Morgan fingerprint density at radius 2 is 2.19 bits per heavy atom. The smallest absolute Gasteiger partial charge is 0.283 e. The topological polar surface area (TPSA) is 50.2 Å². The second kappa shape index (κ2) is 8.19. The van der Waals surface area contributed by atoms with Gasteiger partial charge in [0.25, 0.3) is 5.56 Å². The van der Waals surface area contributed by atoms with Gasteiger partial charge in [0, 0.05) is 13.1 Å². The normalized spacial score (nSPS) is 16.4. The van der Waals surface area contributed by atoms with E-state index in [1.54, 1.807) is 6.20 Å². The monoisotopic (exact) mass is 374 g/mol. The number of hydrogen-bond donors (Lipinski definition) is 1. The maximum Gasteiger partial charge on any atom is 0.283 e. The standard InChI is InChI=1S/C14H23BrN4OS/c1-18(2)5-6-19-14(20)13(15)12(10-17-19)16-9-11-3-7-21-8-4-11/h10-11,16H,3-9H2,1-2H3. The van der Waals surface area contributed by atoms with E-state index in [0.717, 1.165) is 18.8 Å². The van der Waals surface area contributed by atoms with E-state index in [4.69, 9.17) is 0 Å². The molecular formula is C14H23BrN4OS. The lowest BCUT2D eigenvalue weighted by molar-refractivity contribution is 0.367. The van der Waals surface area contributed by atoms with Gasteiger partial charge in [-0.15, -0.1) is 0 Å². The number of nitrogens with zero attached hydrogens (tertiary/aromatic N) is 3. The van der Waals surface area contributed by atoms with Gasteiger partial charge in [-0.2, -0.15) is 16.9 Å². The van der Waals surface area contributed by atoms with Crippen molar-refractivity contribution in [3.05, 3.63) is 21.0 Å². The molecule has 2 rings (SSSR count). The van der Waals surface area contributed by atoms with E-state index >= 15 is 0 Å². The quantitative estimate of drug-likeness (QED) is 0.826. The number of hydrogen-bond acceptors (Lipinski definition) is 5. The SMILES string of the molecule is CN(C)CCn1ncc(NCC2CCSCC2)c(Br)c1=O. The highest BCUT2D eigenvalue weighted by atomic mass is 79.9. The molecule has 0 atom stereocenters. The Morgan fingerprint density at radius 3 is 2.86 bits per heavy atom. The van der Waals surface area contributed by atoms with Gasteiger partial charge in [-0.1, -0.05) is 0 Å². The van der Waals surface area contributed by atoms with Crippen LogP contribution in [0.4, 0.5) is 5.69 Å². The highest BCUT2D eigenvalue weighted by Gasteiger charge is 2.15. The lowest BCUT2D eigenvalue weighted by Gasteiger charge is -2.22. The summed E-state index contributed by atoms with van der Waals surface area (Å²) in [5.74, 6) is 3.20. The molecule has 1 fully saturated rings. The second-order valence-corrected chi connectivity index (χ2v) is 7.66. The molecule has 0 unspecified atom stereocenters. The number of likely N-dealkylation sites (N-methyl/N-ethyl adjacent to an activating group) is 1. The van der Waals surface area contributed by atoms with E-state index < -0.39 is 0 Å². The average molecular weight is 375 g/mol. The molecule has 1 saturated heterocycles. The van der Waals surface area contributed by atoms with Crippen molar-refractivity contribution in [2.75, 3.05) is 44.0 Å². The molecule has 2 heterocycles. The van der Waals surface area contributed by atoms with Gasteiger partial charge in [0.05, 0.1) is 18.4 Å². The number of aromatic nitrogens is 2. The van der Waals surface area contributed by atoms with Crippen molar-refractivity contribution >= 4 is 33.4 Å². The second-order valence-electron chi connectivity index (χ2n) is 5.64. The van der Waals surface area contributed by atoms with Crippen LogP contribution >= 0.6 is 27.7 Å². The summed E-state index contributed by atoms with van der Waals surface area (Å²) < 4.78 is 2.09. The highest BCUT2D eigenvalue weighted by molar-refractivity contribution is 9.10. The van der Waals surface area contributed by atoms with Gasteiger partial charge in [0.1, 0.15) is 4.47 Å². The summed E-state index contributed by atoms with van der Waals surface area (Å²) in [5, 5.41) is 7.63. The molecule has 0 aliphatic carbocycles. The predicted octanol–water partition coefficient (Wildman–Crippen LogP) is 2.12. The average Bonchev–Trinajstić information content (AvgIpc) is 2.48. The van der Waals surface area contributed by atoms with Gasteiger partial charge < -0.3 is 10.2 Å². The van der Waals surface area contributed by atoms with Gasteiger partial charge in [-0.25, -0.2) is 4.68 Å². The molecule has 0 bridgehead atoms. The molecule has 0 amide bonds. The molecule has 0 saturated carbocycles. The van der Waals surface area contributed by atoms with Gasteiger partial charge in [0.2, 0.25) is 0 Å². The number of thioether (sulfide) groups is 1. The first kappa shape index (κ1) is 16.8. The molecule has 118 valence electrons. The van der Waals surface area contributed by atoms with Crippen LogP contribution in [-0.2, 0) is 6.54 Å². The fourth-order valence-electron chi connectivity index (χ4n) is 2.25. The van der Waals surface area contributed by atoms with Crippen molar-refractivity contribution < 1.29 is 0 Å². The third kappa shape index (κ3) is 5.00. The summed E-state index contributed by atoms with van der Waals surface area (Å²) in [5.41, 5.74) is 0.736. The molecule has 5 nitrogen and oxygen atoms in total. The number of anilines is 1. The first-order valence-electron chi connectivity index (χ1n) is 7.30. The van der Waals surface area contributed by atoms with Crippen molar-refractivity contribution in [1.29, 1.82) is 0 Å². The molecule has 1 aromatic heterocycles. The van der Waals surface area contributed by atoms with Crippen LogP contribution in [-0.4, -0.2) is 53.4 Å². The van der Waals surface area contributed by atoms with E-state index in [2.05, 4.69) is 26.3 Å². The molecule has 0 radical (unpaired) electrons. The Labute approximate surface area is 138 Å². The number of nitrogens with one attached hydrogen (secondary N) is 1. The third-order valence-corrected chi connectivity index (χ3v) is 5.48. The Kier molecular flexibility index (Phi) is 6.57. The lowest BCUT2D eigenvalue weighted by atomic mass is 10.0. The van der Waals surface area contributed by atoms with Crippen LogP contribution in [0.15, 0.2) is 15.5 Å². The molecule has 0 aromatic carbocycles. The zero-order chi connectivity index (χ0) is 15.2. The van der Waals surface area contributed by atoms with E-state index in [1.807, 2.05) is 30.8 Å². The van der Waals surface area contributed by atoms with Crippen LogP contribution in [0.1, 0.15) is 12.8 Å². The predicted molar refractivity (Wildman–Crippen MR) is 93.3 cm³/mol. The van der Waals surface area contributed by atoms with Crippen molar-refractivity contribution in [3.63, 3.8) is 0 Å². The molecule has 1 aromatic rings. The van der Waals surface area contributed by atoms with Crippen LogP contribution in [0.2, 0.25) is 0 Å². The number of halogens is 1. The summed E-state index contributed by atoms with van der Waals surface area (Å²) in [6.07, 6.45) is 4.25. The summed E-state index contributed by atoms with van der Waals surface area (Å²) in [4.78, 5) is 14.3. The van der Waals surface area contributed by atoms with Crippen molar-refractivity contribution in [3.8, 4) is 0 Å². The zero-order valence-corrected chi connectivity index (χ0v) is 15.0. The molecular weight excluding hydrogens is 352 g/mol. The first-order chi connectivity index (χ1) is 10.1. The van der Waals surface area contributed by atoms with Crippen molar-refractivity contribution in [2.45, 2.75) is 19.4 Å². The Hall–Kier alpha value is -0.530. The molecule has 1 N–H and O–H groups in total. The fourth-order valence-corrected chi connectivity index (χ4v) is 3.90. The van der Waals surface area contributed by atoms with Gasteiger partial charge in [-0.05, 0) is 60.3 Å². The van der Waals surface area contributed by atoms with Crippen LogP contribution in [0.5, 0.6) is 0 Å². The van der Waals surface area contributed by atoms with Gasteiger partial charge >= 0.3 is 0 Å². The Balaban J connectivity index is 1.97. The first-order valence-corrected chi connectivity index (χ1v) is 9.24. The fraction of sp³-hybridized carbons (Fsp3) is 0.714. The maximum absolute atomic E-state index is 12.2. The van der Waals surface area contributed by atoms with Crippen molar-refractivity contribution in [1.82, 2.24) is 14.7 Å². The largest absolute Gasteiger partial charge is 0.382 e. The summed E-state index contributed by atoms with van der Waals surface area (Å²) in [6.45, 7) is 2.32. The van der Waals surface area contributed by atoms with Crippen LogP contribution in [0, 0.1) is 5.92 Å². The summed E-state index contributed by atoms with van der Waals surface area (Å²) in [7, 11) is 3.97. The molecule has 1 aliphatic rings. The zero-order valence-electron chi connectivity index (χ0n) is 12.6. The molecule has 1 aliphatic heterocycles. The van der Waals surface area contributed by atoms with Gasteiger partial charge in [0.15, 0.2) is 0 Å². The molecule has 0 spiro atoms. The van der Waals surface area contributed by atoms with E-state index in [0.29, 0.717) is 16.9 Å². The Bertz CT molecular complexity index is 514. The van der Waals surface area contributed by atoms with Crippen LogP contribution in [0.3, 0.4) is 0 Å². The van der Waals surface area contributed by atoms with Crippen LogP contribution in [0.25, 0.3) is 0 Å². The van der Waals surface area contributed by atoms with Crippen LogP contribution < -0.4 is 10.9 Å². The highest BCUT2D eigenvalue weighted by Crippen LogP contribution is 2.24. The van der Waals surface area contributed by atoms with Crippen molar-refractivity contribution in [2.24, 2.45) is 5.92 Å². The maximum atomic E-state index is 12.2. The minimum atomic E-state index is -0.0685. The van der Waals surface area contributed by atoms with E-state index in [-0.39, 0.29) is 5.56 Å².